The van der Waals surface area contributed by atoms with Gasteiger partial charge in [-0.2, -0.15) is 0 Å². The van der Waals surface area contributed by atoms with Crippen LogP contribution in [-0.2, 0) is 9.59 Å². The fourth-order valence-electron chi connectivity index (χ4n) is 4.44. The van der Waals surface area contributed by atoms with Gasteiger partial charge in [0, 0.05) is 31.4 Å². The topological polar surface area (TPSA) is 60.9 Å². The highest BCUT2D eigenvalue weighted by Crippen LogP contribution is 2.43. The Bertz CT molecular complexity index is 942. The molecule has 1 aliphatic carbocycles. The molecule has 1 unspecified atom stereocenters. The number of hydrogen-bond donors (Lipinski definition) is 1. The average Bonchev–Trinajstić information content (AvgIpc) is 3.35. The smallest absolute Gasteiger partial charge is 0.295 e. The number of likely N-dealkylation sites (tertiary alicyclic amines) is 1. The summed E-state index contributed by atoms with van der Waals surface area (Å²) in [6.45, 7) is 0. The number of carbonyl (C=O) groups is 2. The monoisotopic (exact) mass is 390 g/mol. The van der Waals surface area contributed by atoms with Crippen LogP contribution in [0.1, 0.15) is 42.9 Å². The summed E-state index contributed by atoms with van der Waals surface area (Å²) < 4.78 is 0. The summed E-state index contributed by atoms with van der Waals surface area (Å²) in [6, 6.07) is 16.3. The molecule has 150 valence electrons. The van der Waals surface area contributed by atoms with Gasteiger partial charge in [0.2, 0.25) is 0 Å². The number of carbonyl (C=O) groups excluding carboxylic acids is 2. The van der Waals surface area contributed by atoms with Crippen molar-refractivity contribution in [2.75, 3.05) is 19.0 Å². The number of amides is 1. The van der Waals surface area contributed by atoms with Crippen LogP contribution in [0.4, 0.5) is 5.69 Å². The zero-order valence-corrected chi connectivity index (χ0v) is 16.8. The molecule has 1 atom stereocenters. The first kappa shape index (κ1) is 19.2. The Morgan fingerprint density at radius 3 is 2.17 bits per heavy atom. The van der Waals surface area contributed by atoms with Crippen molar-refractivity contribution < 1.29 is 14.7 Å². The lowest BCUT2D eigenvalue weighted by Gasteiger charge is -2.31. The highest BCUT2D eigenvalue weighted by Gasteiger charge is 2.49. The minimum absolute atomic E-state index is 0.0334. The second-order valence-electron chi connectivity index (χ2n) is 8.00. The number of nitrogens with zero attached hydrogens (tertiary/aromatic N) is 2. The Morgan fingerprint density at radius 2 is 1.59 bits per heavy atom. The number of aliphatic hydroxyl groups excluding tert-OH is 1. The van der Waals surface area contributed by atoms with Crippen molar-refractivity contribution in [2.45, 2.75) is 37.8 Å². The summed E-state index contributed by atoms with van der Waals surface area (Å²) in [5.41, 5.74) is 2.62. The van der Waals surface area contributed by atoms with Gasteiger partial charge in [-0.3, -0.25) is 9.59 Å². The van der Waals surface area contributed by atoms with Crippen LogP contribution < -0.4 is 4.90 Å². The van der Waals surface area contributed by atoms with Gasteiger partial charge in [0.25, 0.3) is 11.7 Å². The molecule has 1 amide bonds. The molecule has 0 spiro atoms. The molecule has 5 nitrogen and oxygen atoms in total. The second-order valence-corrected chi connectivity index (χ2v) is 8.00. The zero-order chi connectivity index (χ0) is 20.5. The second kappa shape index (κ2) is 7.74. The molecule has 2 aromatic rings. The van der Waals surface area contributed by atoms with Crippen LogP contribution in [0, 0.1) is 0 Å². The standard InChI is InChI=1S/C24H26N2O3/c1-25(2)18-14-12-16(13-15-18)21-20(22(27)17-8-4-3-5-9-17)23(28)24(29)26(21)19-10-6-7-11-19/h3-5,8-9,12-15,19,21,27H,6-7,10-11H2,1-2H3/b22-20-. The van der Waals surface area contributed by atoms with E-state index in [9.17, 15) is 14.7 Å². The predicted molar refractivity (Wildman–Crippen MR) is 114 cm³/mol. The lowest BCUT2D eigenvalue weighted by molar-refractivity contribution is -0.141. The van der Waals surface area contributed by atoms with Crippen LogP contribution in [-0.4, -0.2) is 41.8 Å². The molecule has 5 heteroatoms. The first-order valence-corrected chi connectivity index (χ1v) is 10.1. The van der Waals surface area contributed by atoms with Crippen molar-refractivity contribution in [3.05, 3.63) is 71.3 Å². The number of anilines is 1. The van der Waals surface area contributed by atoms with Crippen molar-refractivity contribution in [1.29, 1.82) is 0 Å². The van der Waals surface area contributed by atoms with Gasteiger partial charge in [0.15, 0.2) is 0 Å². The Balaban J connectivity index is 1.86. The minimum Gasteiger partial charge on any atom is -0.507 e. The quantitative estimate of drug-likeness (QED) is 0.485. The van der Waals surface area contributed by atoms with E-state index in [1.807, 2.05) is 61.5 Å². The third kappa shape index (κ3) is 3.41. The summed E-state index contributed by atoms with van der Waals surface area (Å²) >= 11 is 0. The molecule has 1 aliphatic heterocycles. The summed E-state index contributed by atoms with van der Waals surface area (Å²) in [6.07, 6.45) is 3.90. The molecule has 2 aromatic carbocycles. The third-order valence-electron chi connectivity index (χ3n) is 5.97. The van der Waals surface area contributed by atoms with Gasteiger partial charge in [0.1, 0.15) is 5.76 Å². The number of benzene rings is 2. The highest BCUT2D eigenvalue weighted by atomic mass is 16.3. The van der Waals surface area contributed by atoms with Crippen LogP contribution in [0.25, 0.3) is 5.76 Å². The van der Waals surface area contributed by atoms with Crippen LogP contribution in [0.3, 0.4) is 0 Å². The first-order chi connectivity index (χ1) is 14.0. The van der Waals surface area contributed by atoms with Gasteiger partial charge in [-0.25, -0.2) is 0 Å². The van der Waals surface area contributed by atoms with E-state index in [2.05, 4.69) is 0 Å². The van der Waals surface area contributed by atoms with E-state index < -0.39 is 17.7 Å². The molecular weight excluding hydrogens is 364 g/mol. The normalized spacial score (nSPS) is 21.7. The number of ketones is 1. The van der Waals surface area contributed by atoms with Gasteiger partial charge >= 0.3 is 0 Å². The van der Waals surface area contributed by atoms with E-state index in [-0.39, 0.29) is 17.4 Å². The average molecular weight is 390 g/mol. The number of Topliss-reactive ketones (excluding diaryl/α,β-unsaturated/α-hetero) is 1. The fraction of sp³-hybridized carbons (Fsp3) is 0.333. The molecule has 0 bridgehead atoms. The molecule has 2 fully saturated rings. The van der Waals surface area contributed by atoms with Crippen LogP contribution in [0.2, 0.25) is 0 Å². The summed E-state index contributed by atoms with van der Waals surface area (Å²) in [4.78, 5) is 29.8. The molecule has 2 aliphatic rings. The van der Waals surface area contributed by atoms with Crippen molar-refractivity contribution in [1.82, 2.24) is 4.90 Å². The maximum absolute atomic E-state index is 13.0. The highest BCUT2D eigenvalue weighted by molar-refractivity contribution is 6.46. The van der Waals surface area contributed by atoms with Crippen molar-refractivity contribution in [3.8, 4) is 0 Å². The molecule has 0 radical (unpaired) electrons. The van der Waals surface area contributed by atoms with Crippen LogP contribution >= 0.6 is 0 Å². The summed E-state index contributed by atoms with van der Waals surface area (Å²) in [7, 11) is 3.93. The van der Waals surface area contributed by atoms with E-state index >= 15 is 0 Å². The maximum Gasteiger partial charge on any atom is 0.295 e. The molecule has 4 rings (SSSR count). The maximum atomic E-state index is 13.0. The van der Waals surface area contributed by atoms with Gasteiger partial charge in [-0.05, 0) is 30.5 Å². The predicted octanol–water partition coefficient (Wildman–Crippen LogP) is 4.12. The summed E-state index contributed by atoms with van der Waals surface area (Å²) in [5.74, 6) is -1.21. The lowest BCUT2D eigenvalue weighted by atomic mass is 9.94. The van der Waals surface area contributed by atoms with E-state index in [4.69, 9.17) is 0 Å². The van der Waals surface area contributed by atoms with Gasteiger partial charge < -0.3 is 14.9 Å². The van der Waals surface area contributed by atoms with E-state index in [1.165, 1.54) is 0 Å². The summed E-state index contributed by atoms with van der Waals surface area (Å²) in [5, 5.41) is 11.0. The Morgan fingerprint density at radius 1 is 0.966 bits per heavy atom. The molecule has 0 aromatic heterocycles. The van der Waals surface area contributed by atoms with Crippen LogP contribution in [0.5, 0.6) is 0 Å². The SMILES string of the molecule is CN(C)c1ccc(C2/C(=C(/O)c3ccccc3)C(=O)C(=O)N2C2CCCC2)cc1. The largest absolute Gasteiger partial charge is 0.507 e. The van der Waals surface area contributed by atoms with Crippen molar-refractivity contribution in [2.24, 2.45) is 0 Å². The first-order valence-electron chi connectivity index (χ1n) is 10.1. The van der Waals surface area contributed by atoms with Crippen molar-refractivity contribution in [3.63, 3.8) is 0 Å². The van der Waals surface area contributed by atoms with Gasteiger partial charge in [-0.15, -0.1) is 0 Å². The molecule has 29 heavy (non-hydrogen) atoms. The van der Waals surface area contributed by atoms with E-state index in [0.29, 0.717) is 5.56 Å². The van der Waals surface area contributed by atoms with Gasteiger partial charge in [-0.1, -0.05) is 55.3 Å². The molecule has 1 N–H and O–H groups in total. The molecular formula is C24H26N2O3. The van der Waals surface area contributed by atoms with Crippen LogP contribution in [0.15, 0.2) is 60.2 Å². The van der Waals surface area contributed by atoms with Gasteiger partial charge in [0.05, 0.1) is 11.6 Å². The number of hydrogen-bond acceptors (Lipinski definition) is 4. The third-order valence-corrected chi connectivity index (χ3v) is 5.97. The number of aliphatic hydroxyl groups is 1. The van der Waals surface area contributed by atoms with Crippen molar-refractivity contribution >= 4 is 23.1 Å². The Labute approximate surface area is 171 Å². The van der Waals surface area contributed by atoms with E-state index in [1.54, 1.807) is 17.0 Å². The Hall–Kier alpha value is -3.08. The Kier molecular flexibility index (Phi) is 5.14. The zero-order valence-electron chi connectivity index (χ0n) is 16.8. The minimum atomic E-state index is -0.597. The molecule has 1 saturated carbocycles. The number of rotatable bonds is 4. The lowest BCUT2D eigenvalue weighted by Crippen LogP contribution is -2.37. The molecule has 1 saturated heterocycles. The molecule has 1 heterocycles. The van der Waals surface area contributed by atoms with E-state index in [0.717, 1.165) is 36.9 Å². The fourth-order valence-corrected chi connectivity index (χ4v) is 4.44.